The molecule has 1 heterocycles. The molecule has 1 saturated heterocycles. The first kappa shape index (κ1) is 17.4. The molecule has 2 heteroatoms. The predicted molar refractivity (Wildman–Crippen MR) is 112 cm³/mol. The fourth-order valence-electron chi connectivity index (χ4n) is 5.40. The third-order valence-corrected chi connectivity index (χ3v) is 6.67. The minimum Gasteiger partial charge on any atom is -0.299 e. The maximum atomic E-state index is 12.5. The maximum Gasteiger partial charge on any atom is 0.137 e. The van der Waals surface area contributed by atoms with Crippen molar-refractivity contribution in [3.05, 3.63) is 108 Å². The van der Waals surface area contributed by atoms with E-state index in [9.17, 15) is 4.79 Å². The third kappa shape index (κ3) is 2.63. The summed E-state index contributed by atoms with van der Waals surface area (Å²) in [5.74, 6) is 1.13. The molecule has 1 saturated carbocycles. The summed E-state index contributed by atoms with van der Waals surface area (Å²) < 4.78 is 0. The van der Waals surface area contributed by atoms with Crippen molar-refractivity contribution in [2.24, 2.45) is 11.8 Å². The number of likely N-dealkylation sites (tertiary alicyclic amines) is 1. The summed E-state index contributed by atoms with van der Waals surface area (Å²) in [7, 11) is 0. The van der Waals surface area contributed by atoms with Gasteiger partial charge in [-0.3, -0.25) is 9.69 Å². The molecule has 2 nitrogen and oxygen atoms in total. The lowest BCUT2D eigenvalue weighted by molar-refractivity contribution is -0.120. The lowest BCUT2D eigenvalue weighted by atomic mass is 9.75. The van der Waals surface area contributed by atoms with Gasteiger partial charge in [-0.1, -0.05) is 91.0 Å². The first-order valence-corrected chi connectivity index (χ1v) is 10.2. The Bertz CT molecular complexity index is 855. The van der Waals surface area contributed by atoms with Crippen molar-refractivity contribution in [3.63, 3.8) is 0 Å². The van der Waals surface area contributed by atoms with Crippen molar-refractivity contribution in [1.82, 2.24) is 4.90 Å². The molecule has 5 rings (SSSR count). The van der Waals surface area contributed by atoms with E-state index in [0.29, 0.717) is 11.7 Å². The van der Waals surface area contributed by atoms with Crippen LogP contribution in [0.15, 0.2) is 91.0 Å². The zero-order valence-electron chi connectivity index (χ0n) is 16.0. The molecule has 1 aliphatic heterocycles. The molecule has 2 unspecified atom stereocenters. The van der Waals surface area contributed by atoms with E-state index in [1.807, 2.05) is 0 Å². The van der Waals surface area contributed by atoms with Crippen LogP contribution in [0.1, 0.15) is 29.5 Å². The van der Waals surface area contributed by atoms with Crippen LogP contribution in [0.2, 0.25) is 0 Å². The Kier molecular flexibility index (Phi) is 4.37. The average molecular weight is 367 g/mol. The van der Waals surface area contributed by atoms with Gasteiger partial charge >= 0.3 is 0 Å². The Balaban J connectivity index is 1.75. The van der Waals surface area contributed by atoms with Crippen molar-refractivity contribution in [3.8, 4) is 0 Å². The fraction of sp³-hybridized carbons (Fsp3) is 0.269. The molecular weight excluding hydrogens is 342 g/mol. The van der Waals surface area contributed by atoms with Gasteiger partial charge in [0.05, 0.1) is 5.54 Å². The maximum absolute atomic E-state index is 12.5. The quantitative estimate of drug-likeness (QED) is 0.612. The Morgan fingerprint density at radius 1 is 0.679 bits per heavy atom. The molecule has 0 aromatic heterocycles. The molecule has 0 amide bonds. The summed E-state index contributed by atoms with van der Waals surface area (Å²) in [6.45, 7) is 1.80. The summed E-state index contributed by atoms with van der Waals surface area (Å²) in [5.41, 5.74) is 3.41. The van der Waals surface area contributed by atoms with Crippen LogP contribution < -0.4 is 0 Å². The van der Waals surface area contributed by atoms with Crippen LogP contribution >= 0.6 is 0 Å². The Morgan fingerprint density at radius 2 is 1.14 bits per heavy atom. The molecule has 0 N–H and O–H groups in total. The van der Waals surface area contributed by atoms with E-state index >= 15 is 0 Å². The highest BCUT2D eigenvalue weighted by Gasteiger charge is 2.50. The van der Waals surface area contributed by atoms with Crippen LogP contribution in [0.25, 0.3) is 0 Å². The molecule has 1 aliphatic carbocycles. The first-order valence-electron chi connectivity index (χ1n) is 10.2. The number of hydrogen-bond acceptors (Lipinski definition) is 2. The van der Waals surface area contributed by atoms with Gasteiger partial charge in [0.25, 0.3) is 0 Å². The molecule has 0 radical (unpaired) electrons. The smallest absolute Gasteiger partial charge is 0.137 e. The number of carbonyl (C=O) groups is 1. The molecule has 28 heavy (non-hydrogen) atoms. The molecule has 0 bridgehead atoms. The van der Waals surface area contributed by atoms with Gasteiger partial charge in [-0.25, -0.2) is 0 Å². The van der Waals surface area contributed by atoms with Crippen LogP contribution in [0.5, 0.6) is 0 Å². The number of ketones is 1. The molecule has 140 valence electrons. The molecule has 3 aromatic carbocycles. The van der Waals surface area contributed by atoms with Gasteiger partial charge in [0.15, 0.2) is 0 Å². The van der Waals surface area contributed by atoms with E-state index in [2.05, 4.69) is 95.9 Å². The van der Waals surface area contributed by atoms with E-state index in [-0.39, 0.29) is 11.5 Å². The zero-order chi connectivity index (χ0) is 19.0. The topological polar surface area (TPSA) is 20.3 Å². The first-order chi connectivity index (χ1) is 13.8. The minimum atomic E-state index is -0.381. The average Bonchev–Trinajstić information content (AvgIpc) is 3.33. The lowest BCUT2D eigenvalue weighted by Gasteiger charge is -2.44. The van der Waals surface area contributed by atoms with Gasteiger partial charge in [0.1, 0.15) is 5.78 Å². The van der Waals surface area contributed by atoms with Gasteiger partial charge in [-0.2, -0.15) is 0 Å². The second-order valence-corrected chi connectivity index (χ2v) is 8.09. The zero-order valence-corrected chi connectivity index (χ0v) is 16.0. The highest BCUT2D eigenvalue weighted by Crippen LogP contribution is 2.48. The van der Waals surface area contributed by atoms with E-state index < -0.39 is 0 Å². The van der Waals surface area contributed by atoms with Gasteiger partial charge in [-0.05, 0) is 29.0 Å². The number of hydrogen-bond donors (Lipinski definition) is 0. The van der Waals surface area contributed by atoms with Gasteiger partial charge in [0, 0.05) is 25.4 Å². The van der Waals surface area contributed by atoms with Crippen LogP contribution in [-0.2, 0) is 10.3 Å². The Morgan fingerprint density at radius 3 is 1.57 bits per heavy atom. The number of carbonyl (C=O) groups excluding carboxylic acids is 1. The predicted octanol–water partition coefficient (Wildman–Crippen LogP) is 4.89. The Labute approximate surface area is 166 Å². The van der Waals surface area contributed by atoms with Gasteiger partial charge < -0.3 is 0 Å². The highest BCUT2D eigenvalue weighted by molar-refractivity contribution is 5.84. The van der Waals surface area contributed by atoms with Crippen LogP contribution in [0, 0.1) is 11.8 Å². The molecule has 3 aromatic rings. The summed E-state index contributed by atoms with van der Waals surface area (Å²) in [6, 6.07) is 32.4. The van der Waals surface area contributed by atoms with Crippen molar-refractivity contribution in [2.45, 2.75) is 18.4 Å². The number of benzene rings is 3. The van der Waals surface area contributed by atoms with Crippen LogP contribution in [0.4, 0.5) is 0 Å². The van der Waals surface area contributed by atoms with E-state index in [1.54, 1.807) is 0 Å². The second kappa shape index (κ2) is 7.03. The molecule has 0 spiro atoms. The van der Waals surface area contributed by atoms with E-state index in [4.69, 9.17) is 0 Å². The summed E-state index contributed by atoms with van der Waals surface area (Å²) in [6.07, 6.45) is 1.80. The van der Waals surface area contributed by atoms with Crippen molar-refractivity contribution in [2.75, 3.05) is 13.1 Å². The number of nitrogens with zero attached hydrogens (tertiary/aromatic N) is 1. The number of rotatable bonds is 4. The Hall–Kier alpha value is -2.71. The minimum absolute atomic E-state index is 0.190. The van der Waals surface area contributed by atoms with Crippen molar-refractivity contribution in [1.29, 1.82) is 0 Å². The summed E-state index contributed by atoms with van der Waals surface area (Å²) in [5, 5.41) is 0. The van der Waals surface area contributed by atoms with Crippen molar-refractivity contribution >= 4 is 5.78 Å². The fourth-order valence-corrected chi connectivity index (χ4v) is 5.40. The molecule has 2 fully saturated rings. The van der Waals surface area contributed by atoms with Crippen LogP contribution in [0.3, 0.4) is 0 Å². The summed E-state index contributed by atoms with van der Waals surface area (Å²) >= 11 is 0. The SMILES string of the molecule is O=C1CCC2CN(C(c3ccccc3)(c3ccccc3)c3ccccc3)CC12. The lowest BCUT2D eigenvalue weighted by Crippen LogP contribution is -2.47. The number of fused-ring (bicyclic) bond motifs is 1. The van der Waals surface area contributed by atoms with Crippen molar-refractivity contribution < 1.29 is 4.79 Å². The van der Waals surface area contributed by atoms with Crippen LogP contribution in [-0.4, -0.2) is 23.8 Å². The highest BCUT2D eigenvalue weighted by atomic mass is 16.1. The van der Waals surface area contributed by atoms with Gasteiger partial charge in [-0.15, -0.1) is 0 Å². The largest absolute Gasteiger partial charge is 0.299 e. The van der Waals surface area contributed by atoms with Gasteiger partial charge in [0.2, 0.25) is 0 Å². The molecular formula is C26H25NO. The van der Waals surface area contributed by atoms with E-state index in [1.165, 1.54) is 16.7 Å². The normalized spacial score (nSPS) is 22.4. The second-order valence-electron chi connectivity index (χ2n) is 8.09. The summed E-state index contributed by atoms with van der Waals surface area (Å²) in [4.78, 5) is 15.1. The molecule has 2 atom stereocenters. The molecule has 2 aliphatic rings. The van der Waals surface area contributed by atoms with E-state index in [0.717, 1.165) is 25.9 Å². The standard InChI is InChI=1S/C26H25NO/c28-25-17-16-20-18-27(19-24(20)25)26(21-10-4-1-5-11-21,22-12-6-2-7-13-22)23-14-8-3-9-15-23/h1-15,20,24H,16-19H2. The third-order valence-electron chi connectivity index (χ3n) is 6.67. The number of Topliss-reactive ketones (excluding diaryl/α,β-unsaturated/α-hetero) is 1. The monoisotopic (exact) mass is 367 g/mol.